The van der Waals surface area contributed by atoms with Gasteiger partial charge in [0.25, 0.3) is 0 Å². The molecule has 3 amide bonds. The van der Waals surface area contributed by atoms with Gasteiger partial charge in [-0.3, -0.25) is 4.79 Å². The van der Waals surface area contributed by atoms with Crippen LogP contribution in [0, 0.1) is 16.7 Å². The molecule has 2 aliphatic carbocycles. The van der Waals surface area contributed by atoms with Crippen LogP contribution >= 0.6 is 11.8 Å². The molecule has 2 saturated heterocycles. The predicted molar refractivity (Wildman–Crippen MR) is 170 cm³/mol. The zero-order chi connectivity index (χ0) is 31.3. The minimum absolute atomic E-state index is 0.00154. The third kappa shape index (κ3) is 7.23. The Morgan fingerprint density at radius 3 is 2.82 bits per heavy atom. The number of nitrogens with one attached hydrogen (secondary N) is 3. The van der Waals surface area contributed by atoms with Crippen molar-refractivity contribution in [2.75, 3.05) is 18.9 Å². The first kappa shape index (κ1) is 32.3. The fourth-order valence-electron chi connectivity index (χ4n) is 8.06. The van der Waals surface area contributed by atoms with E-state index in [1.807, 2.05) is 11.8 Å². The van der Waals surface area contributed by atoms with Crippen LogP contribution in [0.4, 0.5) is 10.5 Å². The largest absolute Gasteiger partial charge is 0.493 e. The monoisotopic (exact) mass is 626 g/mol. The van der Waals surface area contributed by atoms with E-state index in [2.05, 4.69) is 46.7 Å². The van der Waals surface area contributed by atoms with Crippen molar-refractivity contribution < 1.29 is 23.9 Å². The number of carbonyl (C=O) groups excluding carboxylic acids is 3. The van der Waals surface area contributed by atoms with Crippen LogP contribution in [0.25, 0.3) is 10.4 Å². The number of unbranched alkanes of at least 4 members (excludes halogenated alkanes) is 1. The minimum Gasteiger partial charge on any atom is -0.493 e. The summed E-state index contributed by atoms with van der Waals surface area (Å²) >= 11 is 1.89. The van der Waals surface area contributed by atoms with Crippen molar-refractivity contribution in [2.24, 2.45) is 21.9 Å². The van der Waals surface area contributed by atoms with E-state index >= 15 is 0 Å². The molecule has 1 aromatic rings. The van der Waals surface area contributed by atoms with Crippen LogP contribution < -0.4 is 20.7 Å². The van der Waals surface area contributed by atoms with Crippen molar-refractivity contribution in [3.8, 4) is 5.75 Å². The van der Waals surface area contributed by atoms with Crippen molar-refractivity contribution in [1.29, 1.82) is 0 Å². The van der Waals surface area contributed by atoms with Crippen LogP contribution in [0.5, 0.6) is 5.75 Å². The number of nitrogens with zero attached hydrogens (tertiary/aromatic N) is 3. The summed E-state index contributed by atoms with van der Waals surface area (Å²) in [7, 11) is 0. The smallest absolute Gasteiger partial charge is 0.342 e. The highest BCUT2D eigenvalue weighted by atomic mass is 32.2. The van der Waals surface area contributed by atoms with E-state index in [0.717, 1.165) is 50.7 Å². The molecule has 4 fully saturated rings. The van der Waals surface area contributed by atoms with Crippen LogP contribution in [-0.4, -0.2) is 60.2 Å². The second kappa shape index (κ2) is 13.9. The van der Waals surface area contributed by atoms with Gasteiger partial charge < -0.3 is 25.4 Å². The first-order valence-electron chi connectivity index (χ1n) is 16.1. The van der Waals surface area contributed by atoms with Gasteiger partial charge in [0.15, 0.2) is 0 Å². The van der Waals surface area contributed by atoms with E-state index in [1.54, 1.807) is 18.2 Å². The van der Waals surface area contributed by atoms with Gasteiger partial charge in [0.05, 0.1) is 18.7 Å². The number of rotatable bonds is 13. The number of hydrogen-bond acceptors (Lipinski definition) is 7. The molecule has 0 bridgehead atoms. The van der Waals surface area contributed by atoms with E-state index in [9.17, 15) is 14.4 Å². The summed E-state index contributed by atoms with van der Waals surface area (Å²) in [6, 6.07) is 5.10. The fraction of sp³-hybridized carbons (Fsp3) is 0.719. The molecule has 0 radical (unpaired) electrons. The van der Waals surface area contributed by atoms with Crippen LogP contribution in [0.3, 0.4) is 0 Å². The van der Waals surface area contributed by atoms with Gasteiger partial charge in [-0.2, -0.15) is 11.8 Å². The normalized spacial score (nSPS) is 29.9. The summed E-state index contributed by atoms with van der Waals surface area (Å²) in [5.41, 5.74) is 9.77. The van der Waals surface area contributed by atoms with Crippen molar-refractivity contribution >= 4 is 35.4 Å². The molecule has 1 aromatic carbocycles. The third-order valence-electron chi connectivity index (χ3n) is 10.3. The number of hydrogen-bond donors (Lipinski definition) is 3. The van der Waals surface area contributed by atoms with Crippen LogP contribution in [0.1, 0.15) is 95.3 Å². The number of carbonyl (C=O) groups is 3. The van der Waals surface area contributed by atoms with Crippen molar-refractivity contribution in [1.82, 2.24) is 16.0 Å². The van der Waals surface area contributed by atoms with E-state index in [0.29, 0.717) is 47.6 Å². The van der Waals surface area contributed by atoms with Gasteiger partial charge in [0.2, 0.25) is 5.91 Å². The Labute approximate surface area is 264 Å². The van der Waals surface area contributed by atoms with E-state index in [4.69, 9.17) is 15.0 Å². The Hall–Kier alpha value is -3.11. The summed E-state index contributed by atoms with van der Waals surface area (Å²) in [4.78, 5) is 40.2. The third-order valence-corrected chi connectivity index (χ3v) is 11.8. The summed E-state index contributed by atoms with van der Waals surface area (Å²) in [6.07, 6.45) is 8.90. The Kier molecular flexibility index (Phi) is 10.2. The molecule has 4 aliphatic rings. The average molecular weight is 627 g/mol. The summed E-state index contributed by atoms with van der Waals surface area (Å²) < 4.78 is 12.1. The Balaban J connectivity index is 1.06. The highest BCUT2D eigenvalue weighted by Crippen LogP contribution is 2.60. The maximum absolute atomic E-state index is 13.4. The number of amides is 3. The number of fused-ring (bicyclic) bond motifs is 2. The minimum atomic E-state index is -0.422. The molecule has 2 aliphatic heterocycles. The molecular formula is C32H46N6O5S. The number of azide groups is 1. The van der Waals surface area contributed by atoms with Crippen molar-refractivity contribution in [3.05, 3.63) is 34.2 Å². The molecule has 5 rings (SSSR count). The van der Waals surface area contributed by atoms with Gasteiger partial charge in [0.1, 0.15) is 17.4 Å². The Morgan fingerprint density at radius 1 is 1.16 bits per heavy atom. The maximum atomic E-state index is 13.4. The first-order valence-corrected chi connectivity index (χ1v) is 17.1. The molecule has 0 unspecified atom stereocenters. The van der Waals surface area contributed by atoms with E-state index in [-0.39, 0.29) is 47.6 Å². The van der Waals surface area contributed by atoms with Gasteiger partial charge in [0, 0.05) is 40.0 Å². The highest BCUT2D eigenvalue weighted by Gasteiger charge is 2.55. The molecule has 11 nitrogen and oxygen atoms in total. The lowest BCUT2D eigenvalue weighted by atomic mass is 9.57. The van der Waals surface area contributed by atoms with Crippen LogP contribution in [-0.2, 0) is 9.53 Å². The lowest BCUT2D eigenvalue weighted by molar-refractivity contribution is -0.121. The van der Waals surface area contributed by atoms with Gasteiger partial charge >= 0.3 is 12.0 Å². The SMILES string of the molecule is CC1(C)CCC[C@]2(C)[C@@H](OC(=O)c3ccc(N=[N+]=[N-])cc3OCCCNC(=O)CCCC[C@@H]3SC[C@@H]4NC(=O)N[C@@H]43)CC[C@@H]12. The molecular weight excluding hydrogens is 580 g/mol. The summed E-state index contributed by atoms with van der Waals surface area (Å²) in [5, 5.41) is 13.0. The van der Waals surface area contributed by atoms with E-state index in [1.165, 1.54) is 6.42 Å². The number of benzene rings is 1. The van der Waals surface area contributed by atoms with Crippen molar-refractivity contribution in [2.45, 2.75) is 108 Å². The molecule has 3 N–H and O–H groups in total. The second-order valence-corrected chi connectivity index (χ2v) is 14.9. The summed E-state index contributed by atoms with van der Waals surface area (Å²) in [6.45, 7) is 7.68. The predicted octanol–water partition coefficient (Wildman–Crippen LogP) is 6.39. The Bertz CT molecular complexity index is 1290. The number of esters is 1. The molecule has 12 heteroatoms. The van der Waals surface area contributed by atoms with E-state index < -0.39 is 5.97 Å². The topological polar surface area (TPSA) is 155 Å². The number of urea groups is 1. The van der Waals surface area contributed by atoms with Gasteiger partial charge in [-0.15, -0.1) is 0 Å². The fourth-order valence-corrected chi connectivity index (χ4v) is 9.61. The van der Waals surface area contributed by atoms with Gasteiger partial charge in [-0.25, -0.2) is 9.59 Å². The molecule has 2 heterocycles. The Morgan fingerprint density at radius 2 is 2.00 bits per heavy atom. The lowest BCUT2D eigenvalue weighted by Crippen LogP contribution is -2.44. The molecule has 240 valence electrons. The quantitative estimate of drug-likeness (QED) is 0.0576. The number of ether oxygens (including phenoxy) is 2. The number of thioether (sulfide) groups is 1. The van der Waals surface area contributed by atoms with Crippen molar-refractivity contribution in [3.63, 3.8) is 0 Å². The molecule has 6 atom stereocenters. The lowest BCUT2D eigenvalue weighted by Gasteiger charge is -2.49. The highest BCUT2D eigenvalue weighted by molar-refractivity contribution is 8.00. The molecule has 44 heavy (non-hydrogen) atoms. The van der Waals surface area contributed by atoms with Crippen LogP contribution in [0.2, 0.25) is 0 Å². The zero-order valence-corrected chi connectivity index (χ0v) is 26.9. The average Bonchev–Trinajstić information content (AvgIpc) is 3.63. The molecule has 2 saturated carbocycles. The second-order valence-electron chi connectivity index (χ2n) is 13.7. The first-order chi connectivity index (χ1) is 21.1. The molecule has 0 aromatic heterocycles. The zero-order valence-electron chi connectivity index (χ0n) is 26.1. The van der Waals surface area contributed by atoms with Gasteiger partial charge in [-0.05, 0) is 73.9 Å². The molecule has 0 spiro atoms. The standard InChI is InChI=1S/C32H46N6O5S/c1-31(2)14-6-15-32(3)25(31)12-13-26(32)43-29(40)21-11-10-20(37-38-33)18-23(21)42-17-7-16-34-27(39)9-5-4-8-24-28-22(19-44-24)35-30(41)36-28/h10-11,18,22,24-26,28H,4-9,12-17,19H2,1-3H3,(H,34,39)(H2,35,36,41)/t22-,24-,25-,26-,28-,32-/m0/s1. The van der Waals surface area contributed by atoms with Crippen LogP contribution in [0.15, 0.2) is 23.3 Å². The maximum Gasteiger partial charge on any atom is 0.342 e. The summed E-state index contributed by atoms with van der Waals surface area (Å²) in [5.74, 6) is 1.35. The van der Waals surface area contributed by atoms with Gasteiger partial charge in [-0.1, -0.05) is 44.8 Å².